The van der Waals surface area contributed by atoms with Crippen LogP contribution in [0.4, 0.5) is 5.69 Å². The van der Waals surface area contributed by atoms with Crippen LogP contribution in [0.25, 0.3) is 0 Å². The number of non-ortho nitro benzene ring substituents is 1. The largest absolute Gasteiger partial charge is 0.508 e. The second-order valence-electron chi connectivity index (χ2n) is 8.85. The molecule has 0 radical (unpaired) electrons. The number of ether oxygens (including phenoxy) is 1. The molecule has 12 heteroatoms. The molecule has 0 bridgehead atoms. The Bertz CT molecular complexity index is 1170. The molecule has 11 nitrogen and oxygen atoms in total. The molecule has 0 saturated carbocycles. The number of rotatable bonds is 7. The highest BCUT2D eigenvalue weighted by Gasteiger charge is 2.64. The minimum Gasteiger partial charge on any atom is -0.508 e. The molecule has 2 saturated heterocycles. The number of carbonyl (C=O) groups is 3. The van der Waals surface area contributed by atoms with Gasteiger partial charge in [0, 0.05) is 16.9 Å². The minimum absolute atomic E-state index is 0.0438. The third kappa shape index (κ3) is 4.66. The highest BCUT2D eigenvalue weighted by atomic mass is 32.2. The molecule has 35 heavy (non-hydrogen) atoms. The molecular weight excluding hydrogens is 476 g/mol. The first-order chi connectivity index (χ1) is 16.5. The van der Waals surface area contributed by atoms with Crippen molar-refractivity contribution < 1.29 is 29.2 Å². The minimum atomic E-state index is -1.03. The summed E-state index contributed by atoms with van der Waals surface area (Å²) >= 11 is 1.38. The van der Waals surface area contributed by atoms with Crippen molar-refractivity contribution in [2.45, 2.75) is 48.7 Å². The normalized spacial score (nSPS) is 23.1. The van der Waals surface area contributed by atoms with E-state index in [2.05, 4.69) is 5.32 Å². The second-order valence-corrected chi connectivity index (χ2v) is 10.6. The summed E-state index contributed by atoms with van der Waals surface area (Å²) in [6.45, 7) is 3.55. The van der Waals surface area contributed by atoms with Crippen molar-refractivity contribution in [3.63, 3.8) is 0 Å². The fourth-order valence-electron chi connectivity index (χ4n) is 4.15. The van der Waals surface area contributed by atoms with Gasteiger partial charge in [-0.3, -0.25) is 19.7 Å². The lowest BCUT2D eigenvalue weighted by atomic mass is 9.95. The van der Waals surface area contributed by atoms with Crippen molar-refractivity contribution in [2.24, 2.45) is 5.73 Å². The smallest absolute Gasteiger partial charge is 0.330 e. The SMILES string of the molecule is CC1(C)S[C@@H]2C(NC(=O)C(N)c3ccc(O)cc3)C(=O)N2[C@H]1C(=O)OCc1ccc([N+](=O)[O-])cc1. The van der Waals surface area contributed by atoms with Gasteiger partial charge in [-0.2, -0.15) is 0 Å². The van der Waals surface area contributed by atoms with Crippen molar-refractivity contribution >= 4 is 35.2 Å². The number of β-lactam (4-membered cyclic amide) rings is 1. The van der Waals surface area contributed by atoms with Crippen LogP contribution >= 0.6 is 11.8 Å². The molecule has 2 fully saturated rings. The number of nitro benzene ring substituents is 1. The Kier molecular flexibility index (Phi) is 6.43. The van der Waals surface area contributed by atoms with Crippen LogP contribution in [0.1, 0.15) is 31.0 Å². The first-order valence-corrected chi connectivity index (χ1v) is 11.6. The number of esters is 1. The van der Waals surface area contributed by atoms with E-state index in [9.17, 15) is 29.6 Å². The zero-order valence-corrected chi connectivity index (χ0v) is 19.7. The van der Waals surface area contributed by atoms with Gasteiger partial charge in [0.25, 0.3) is 5.69 Å². The van der Waals surface area contributed by atoms with Gasteiger partial charge in [-0.15, -0.1) is 11.8 Å². The van der Waals surface area contributed by atoms with E-state index < -0.39 is 51.0 Å². The van der Waals surface area contributed by atoms with Crippen LogP contribution in [0, 0.1) is 10.1 Å². The van der Waals surface area contributed by atoms with E-state index in [4.69, 9.17) is 10.5 Å². The number of aromatic hydroxyl groups is 1. The zero-order valence-electron chi connectivity index (χ0n) is 18.9. The average Bonchev–Trinajstić information content (AvgIpc) is 3.08. The number of benzene rings is 2. The van der Waals surface area contributed by atoms with Gasteiger partial charge in [0.15, 0.2) is 0 Å². The highest BCUT2D eigenvalue weighted by Crippen LogP contribution is 2.51. The lowest BCUT2D eigenvalue weighted by molar-refractivity contribution is -0.384. The average molecular weight is 501 g/mol. The zero-order chi connectivity index (χ0) is 25.5. The van der Waals surface area contributed by atoms with Gasteiger partial charge in [-0.1, -0.05) is 12.1 Å². The van der Waals surface area contributed by atoms with Gasteiger partial charge in [-0.05, 0) is 49.2 Å². The molecule has 0 aliphatic carbocycles. The lowest BCUT2D eigenvalue weighted by Gasteiger charge is -2.44. The maximum absolute atomic E-state index is 12.9. The molecule has 4 rings (SSSR count). The Balaban J connectivity index is 1.39. The standard InChI is InChI=1S/C23H24N4O7S/c1-23(2)18(22(31)34-11-12-3-7-14(8-4-12)27(32)33)26-20(30)17(21(26)35-23)25-19(29)16(24)13-5-9-15(28)10-6-13/h3-10,16-18,21,28H,11,24H2,1-2H3,(H,25,29)/t16?,17?,18-,21+/m0/s1. The van der Waals surface area contributed by atoms with Crippen molar-refractivity contribution in [2.75, 3.05) is 0 Å². The number of thioether (sulfide) groups is 1. The molecule has 2 heterocycles. The van der Waals surface area contributed by atoms with Gasteiger partial charge >= 0.3 is 5.97 Å². The summed E-state index contributed by atoms with van der Waals surface area (Å²) in [5.41, 5.74) is 7.00. The molecule has 0 spiro atoms. The van der Waals surface area contributed by atoms with E-state index in [1.165, 1.54) is 65.2 Å². The van der Waals surface area contributed by atoms with Crippen LogP contribution in [0.3, 0.4) is 0 Å². The van der Waals surface area contributed by atoms with Crippen molar-refractivity contribution in [1.29, 1.82) is 0 Å². The number of amides is 2. The van der Waals surface area contributed by atoms with Crippen LogP contribution in [-0.4, -0.2) is 54.9 Å². The van der Waals surface area contributed by atoms with E-state index in [-0.39, 0.29) is 18.0 Å². The van der Waals surface area contributed by atoms with Gasteiger partial charge in [0.1, 0.15) is 35.9 Å². The summed E-state index contributed by atoms with van der Waals surface area (Å²) in [6, 6.07) is 8.82. The number of nitrogens with one attached hydrogen (secondary N) is 1. The number of nitrogens with zero attached hydrogens (tertiary/aromatic N) is 2. The number of nitrogens with two attached hydrogens (primary N) is 1. The predicted octanol–water partition coefficient (Wildman–Crippen LogP) is 1.59. The maximum atomic E-state index is 12.9. The summed E-state index contributed by atoms with van der Waals surface area (Å²) in [6.07, 6.45) is 0. The molecule has 0 aromatic heterocycles. The Morgan fingerprint density at radius 3 is 2.46 bits per heavy atom. The van der Waals surface area contributed by atoms with Crippen molar-refractivity contribution in [3.8, 4) is 5.75 Å². The van der Waals surface area contributed by atoms with Crippen LogP contribution in [-0.2, 0) is 25.7 Å². The van der Waals surface area contributed by atoms with Crippen LogP contribution in [0.2, 0.25) is 0 Å². The summed E-state index contributed by atoms with van der Waals surface area (Å²) < 4.78 is 4.75. The van der Waals surface area contributed by atoms with Gasteiger partial charge < -0.3 is 25.8 Å². The van der Waals surface area contributed by atoms with E-state index in [0.29, 0.717) is 11.1 Å². The molecule has 2 aliphatic rings. The summed E-state index contributed by atoms with van der Waals surface area (Å²) in [5.74, 6) is -1.50. The number of carbonyl (C=O) groups excluding carboxylic acids is 3. The van der Waals surface area contributed by atoms with Crippen molar-refractivity contribution in [3.05, 3.63) is 69.8 Å². The maximum Gasteiger partial charge on any atom is 0.330 e. The fourth-order valence-corrected chi connectivity index (χ4v) is 5.77. The summed E-state index contributed by atoms with van der Waals surface area (Å²) in [5, 5.41) is 22.4. The number of fused-ring (bicyclic) bond motifs is 1. The second kappa shape index (κ2) is 9.19. The Labute approximate surface area is 204 Å². The topological polar surface area (TPSA) is 165 Å². The number of phenolic OH excluding ortho intramolecular Hbond substituents is 1. The molecule has 2 amide bonds. The number of hydrogen-bond acceptors (Lipinski definition) is 9. The molecule has 184 valence electrons. The monoisotopic (exact) mass is 500 g/mol. The highest BCUT2D eigenvalue weighted by molar-refractivity contribution is 8.01. The molecule has 2 unspecified atom stereocenters. The molecule has 2 aromatic carbocycles. The Morgan fingerprint density at radius 1 is 1.23 bits per heavy atom. The van der Waals surface area contributed by atoms with Crippen LogP contribution in [0.15, 0.2) is 48.5 Å². The third-order valence-corrected chi connectivity index (χ3v) is 7.60. The van der Waals surface area contributed by atoms with Gasteiger partial charge in [0.2, 0.25) is 11.8 Å². The summed E-state index contributed by atoms with van der Waals surface area (Å²) in [7, 11) is 0. The lowest BCUT2D eigenvalue weighted by Crippen LogP contribution is -2.71. The van der Waals surface area contributed by atoms with E-state index in [1.54, 1.807) is 0 Å². The van der Waals surface area contributed by atoms with E-state index in [1.807, 2.05) is 13.8 Å². The molecule has 4 atom stereocenters. The first kappa shape index (κ1) is 24.5. The molecule has 4 N–H and O–H groups in total. The predicted molar refractivity (Wildman–Crippen MR) is 126 cm³/mol. The number of phenols is 1. The quantitative estimate of drug-likeness (QED) is 0.221. The molecule has 2 aliphatic heterocycles. The third-order valence-electron chi connectivity index (χ3n) is 6.02. The number of hydrogen-bond donors (Lipinski definition) is 3. The van der Waals surface area contributed by atoms with E-state index >= 15 is 0 Å². The first-order valence-electron chi connectivity index (χ1n) is 10.7. The van der Waals surface area contributed by atoms with Gasteiger partial charge in [0.05, 0.1) is 4.92 Å². The van der Waals surface area contributed by atoms with Crippen molar-refractivity contribution in [1.82, 2.24) is 10.2 Å². The molecule has 2 aromatic rings. The fraction of sp³-hybridized carbons (Fsp3) is 0.348. The Hall–Kier alpha value is -3.64. The van der Waals surface area contributed by atoms with Crippen LogP contribution < -0.4 is 11.1 Å². The Morgan fingerprint density at radius 2 is 1.86 bits per heavy atom. The molecular formula is C23H24N4O7S. The van der Waals surface area contributed by atoms with Gasteiger partial charge in [-0.25, -0.2) is 4.79 Å². The van der Waals surface area contributed by atoms with E-state index in [0.717, 1.165) is 0 Å². The van der Waals surface area contributed by atoms with Crippen LogP contribution in [0.5, 0.6) is 5.75 Å². The number of nitro groups is 1. The summed E-state index contributed by atoms with van der Waals surface area (Å²) in [4.78, 5) is 50.2.